The molecular formula is C23H26FN4O3+. The second-order valence-electron chi connectivity index (χ2n) is 7.97. The first kappa shape index (κ1) is 21.1. The number of aromatic nitrogens is 1. The summed E-state index contributed by atoms with van der Waals surface area (Å²) in [7, 11) is 0. The molecule has 31 heavy (non-hydrogen) atoms. The summed E-state index contributed by atoms with van der Waals surface area (Å²) < 4.78 is 26.7. The van der Waals surface area contributed by atoms with Gasteiger partial charge in [-0.3, -0.25) is 4.79 Å². The fourth-order valence-electron chi connectivity index (χ4n) is 4.38. The Bertz CT molecular complexity index is 1110. The van der Waals surface area contributed by atoms with Gasteiger partial charge in [0.05, 0.1) is 31.2 Å². The first-order valence-corrected chi connectivity index (χ1v) is 10.5. The van der Waals surface area contributed by atoms with Crippen molar-refractivity contribution >= 4 is 0 Å². The maximum Gasteiger partial charge on any atom is 0.258 e. The summed E-state index contributed by atoms with van der Waals surface area (Å²) in [6.07, 6.45) is 0.837. The molecule has 162 valence electrons. The third-order valence-electron chi connectivity index (χ3n) is 5.98. The lowest BCUT2D eigenvalue weighted by Crippen LogP contribution is -3.14. The van der Waals surface area contributed by atoms with E-state index in [-0.39, 0.29) is 17.0 Å². The van der Waals surface area contributed by atoms with Crippen LogP contribution in [0.2, 0.25) is 0 Å². The van der Waals surface area contributed by atoms with Gasteiger partial charge in [-0.05, 0) is 24.6 Å². The van der Waals surface area contributed by atoms with Gasteiger partial charge in [-0.1, -0.05) is 12.1 Å². The number of fused-ring (bicyclic) bond motifs is 1. The molecule has 0 radical (unpaired) electrons. The number of quaternary nitrogens is 1. The van der Waals surface area contributed by atoms with E-state index >= 15 is 0 Å². The number of hydrogen-bond donors (Lipinski definition) is 2. The van der Waals surface area contributed by atoms with Crippen molar-refractivity contribution in [3.8, 4) is 11.8 Å². The predicted octanol–water partition coefficient (Wildman–Crippen LogP) is 0.819. The molecular weight excluding hydrogens is 399 g/mol. The topological polar surface area (TPSA) is 94.7 Å². The Balaban J connectivity index is 1.70. The quantitative estimate of drug-likeness (QED) is 0.740. The summed E-state index contributed by atoms with van der Waals surface area (Å²) >= 11 is 0. The number of morpholine rings is 1. The van der Waals surface area contributed by atoms with Crippen LogP contribution in [-0.2, 0) is 11.3 Å². The highest BCUT2D eigenvalue weighted by Gasteiger charge is 2.34. The molecule has 0 saturated carbocycles. The minimum absolute atomic E-state index is 0.0586. The summed E-state index contributed by atoms with van der Waals surface area (Å²) in [5.41, 5.74) is 7.44. The van der Waals surface area contributed by atoms with Crippen molar-refractivity contribution in [1.82, 2.24) is 4.57 Å². The molecule has 1 aromatic carbocycles. The third kappa shape index (κ3) is 4.20. The van der Waals surface area contributed by atoms with E-state index in [0.717, 1.165) is 45.0 Å². The zero-order chi connectivity index (χ0) is 22.0. The minimum atomic E-state index is -0.770. The van der Waals surface area contributed by atoms with Crippen molar-refractivity contribution in [1.29, 1.82) is 5.26 Å². The summed E-state index contributed by atoms with van der Waals surface area (Å²) in [6.45, 7) is 6.84. The van der Waals surface area contributed by atoms with Gasteiger partial charge in [0.25, 0.3) is 5.56 Å². The van der Waals surface area contributed by atoms with Crippen LogP contribution in [0.15, 0.2) is 46.6 Å². The molecule has 2 aliphatic heterocycles. The zero-order valence-corrected chi connectivity index (χ0v) is 17.5. The molecule has 1 saturated heterocycles. The number of pyridine rings is 1. The second-order valence-corrected chi connectivity index (χ2v) is 7.97. The summed E-state index contributed by atoms with van der Waals surface area (Å²) in [5.74, 6) is -0.948. The Morgan fingerprint density at radius 3 is 2.81 bits per heavy atom. The monoisotopic (exact) mass is 425 g/mol. The number of nitriles is 1. The molecule has 0 bridgehead atoms. The number of rotatable bonds is 5. The van der Waals surface area contributed by atoms with E-state index in [1.807, 2.05) is 6.92 Å². The molecule has 3 N–H and O–H groups in total. The number of hydrogen-bond acceptors (Lipinski definition) is 5. The van der Waals surface area contributed by atoms with E-state index in [9.17, 15) is 14.4 Å². The molecule has 1 aromatic heterocycles. The van der Waals surface area contributed by atoms with Crippen LogP contribution in [0.25, 0.3) is 0 Å². The molecule has 2 aliphatic rings. The standard InChI is InChI=1S/C23H25FN4O3/c1-15-12-19-21(23(29)28(15)7-3-6-27-8-10-30-11-9-27)20(18(14-25)22(26)31-19)16-4-2-5-17(24)13-16/h2,4-5,12-13,20H,3,6-11,26H2,1H3/p+1/t20-/m1/s1. The maximum atomic E-state index is 14.0. The van der Waals surface area contributed by atoms with Crippen LogP contribution in [0, 0.1) is 24.1 Å². The highest BCUT2D eigenvalue weighted by atomic mass is 19.1. The Morgan fingerprint density at radius 1 is 1.32 bits per heavy atom. The number of ether oxygens (including phenoxy) is 2. The first-order chi connectivity index (χ1) is 15.0. The van der Waals surface area contributed by atoms with Gasteiger partial charge in [0, 0.05) is 24.7 Å². The molecule has 4 rings (SSSR count). The maximum absolute atomic E-state index is 14.0. The molecule has 8 heteroatoms. The molecule has 0 aliphatic carbocycles. The van der Waals surface area contributed by atoms with Crippen molar-refractivity contribution in [2.24, 2.45) is 5.73 Å². The van der Waals surface area contributed by atoms with Crippen LogP contribution >= 0.6 is 0 Å². The van der Waals surface area contributed by atoms with Crippen molar-refractivity contribution in [3.63, 3.8) is 0 Å². The molecule has 3 heterocycles. The molecule has 0 amide bonds. The fourth-order valence-corrected chi connectivity index (χ4v) is 4.38. The smallest absolute Gasteiger partial charge is 0.258 e. The van der Waals surface area contributed by atoms with E-state index in [0.29, 0.717) is 23.4 Å². The van der Waals surface area contributed by atoms with Crippen molar-refractivity contribution in [2.45, 2.75) is 25.8 Å². The van der Waals surface area contributed by atoms with Gasteiger partial charge in [-0.25, -0.2) is 4.39 Å². The normalized spacial score (nSPS) is 18.9. The summed E-state index contributed by atoms with van der Waals surface area (Å²) in [6, 6.07) is 9.73. The number of nitrogens with one attached hydrogen (secondary N) is 1. The molecule has 2 aromatic rings. The fraction of sp³-hybridized carbons (Fsp3) is 0.391. The lowest BCUT2D eigenvalue weighted by Gasteiger charge is -2.27. The van der Waals surface area contributed by atoms with E-state index in [1.54, 1.807) is 22.8 Å². The lowest BCUT2D eigenvalue weighted by molar-refractivity contribution is -0.908. The Kier molecular flexibility index (Phi) is 6.07. The number of nitrogens with zero attached hydrogens (tertiary/aromatic N) is 2. The number of benzene rings is 1. The molecule has 1 atom stereocenters. The van der Waals surface area contributed by atoms with Crippen LogP contribution < -0.4 is 20.9 Å². The minimum Gasteiger partial charge on any atom is -0.440 e. The van der Waals surface area contributed by atoms with Gasteiger partial charge in [-0.2, -0.15) is 5.26 Å². The highest BCUT2D eigenvalue weighted by Crippen LogP contribution is 2.40. The SMILES string of the molecule is Cc1cc2c(c(=O)n1CCC[NH+]1CCOCC1)[C@H](c1cccc(F)c1)C(C#N)=C(N)O2. The van der Waals surface area contributed by atoms with Gasteiger partial charge in [0.1, 0.15) is 36.3 Å². The van der Waals surface area contributed by atoms with Gasteiger partial charge in [0.15, 0.2) is 0 Å². The van der Waals surface area contributed by atoms with E-state index in [4.69, 9.17) is 15.2 Å². The second kappa shape index (κ2) is 8.92. The van der Waals surface area contributed by atoms with Crippen LogP contribution in [0.5, 0.6) is 5.75 Å². The molecule has 7 nitrogen and oxygen atoms in total. The van der Waals surface area contributed by atoms with Gasteiger partial charge >= 0.3 is 0 Å². The van der Waals surface area contributed by atoms with E-state index in [1.165, 1.54) is 17.0 Å². The van der Waals surface area contributed by atoms with Crippen LogP contribution in [0.3, 0.4) is 0 Å². The number of nitrogens with two attached hydrogens (primary N) is 1. The Labute approximate surface area is 180 Å². The Morgan fingerprint density at radius 2 is 2.10 bits per heavy atom. The van der Waals surface area contributed by atoms with Crippen LogP contribution in [-0.4, -0.2) is 37.4 Å². The predicted molar refractivity (Wildman–Crippen MR) is 112 cm³/mol. The molecule has 0 spiro atoms. The van der Waals surface area contributed by atoms with Gasteiger partial charge < -0.3 is 24.7 Å². The average Bonchev–Trinajstić information content (AvgIpc) is 2.76. The van der Waals surface area contributed by atoms with Gasteiger partial charge in [-0.15, -0.1) is 0 Å². The zero-order valence-electron chi connectivity index (χ0n) is 17.5. The van der Waals surface area contributed by atoms with Crippen molar-refractivity contribution in [3.05, 3.63) is 74.8 Å². The highest BCUT2D eigenvalue weighted by molar-refractivity contribution is 5.55. The molecule has 1 fully saturated rings. The van der Waals surface area contributed by atoms with Crippen molar-refractivity contribution < 1.29 is 18.8 Å². The van der Waals surface area contributed by atoms with E-state index < -0.39 is 11.7 Å². The van der Waals surface area contributed by atoms with Gasteiger partial charge in [0.2, 0.25) is 5.88 Å². The number of halogens is 1. The summed E-state index contributed by atoms with van der Waals surface area (Å²) in [5, 5.41) is 9.71. The lowest BCUT2D eigenvalue weighted by atomic mass is 9.84. The summed E-state index contributed by atoms with van der Waals surface area (Å²) in [4.78, 5) is 15.0. The third-order valence-corrected chi connectivity index (χ3v) is 5.98. The largest absolute Gasteiger partial charge is 0.440 e. The first-order valence-electron chi connectivity index (χ1n) is 10.5. The Hall–Kier alpha value is -3.15. The number of allylic oxidation sites excluding steroid dienone is 1. The van der Waals surface area contributed by atoms with Crippen LogP contribution in [0.4, 0.5) is 4.39 Å². The van der Waals surface area contributed by atoms with Crippen molar-refractivity contribution in [2.75, 3.05) is 32.8 Å². The average molecular weight is 425 g/mol. The van der Waals surface area contributed by atoms with E-state index in [2.05, 4.69) is 6.07 Å². The number of aryl methyl sites for hydroxylation is 1. The molecule has 0 unspecified atom stereocenters. The van der Waals surface area contributed by atoms with Crippen LogP contribution in [0.1, 0.15) is 29.2 Å².